The van der Waals surface area contributed by atoms with E-state index in [1.807, 2.05) is 67.3 Å². The highest BCUT2D eigenvalue weighted by atomic mass is 32.2. The van der Waals surface area contributed by atoms with E-state index in [4.69, 9.17) is 4.74 Å². The zero-order valence-corrected chi connectivity index (χ0v) is 18.3. The molecule has 3 aromatic rings. The van der Waals surface area contributed by atoms with Crippen molar-refractivity contribution in [2.45, 2.75) is 37.6 Å². The zero-order valence-electron chi connectivity index (χ0n) is 17.5. The predicted octanol–water partition coefficient (Wildman–Crippen LogP) is 5.44. The number of aliphatic carboxylic acids is 1. The maximum absolute atomic E-state index is 11.6. The van der Waals surface area contributed by atoms with Crippen molar-refractivity contribution in [2.24, 2.45) is 0 Å². The lowest BCUT2D eigenvalue weighted by Gasteiger charge is -2.24. The second-order valence-electron chi connectivity index (χ2n) is 6.61. The van der Waals surface area contributed by atoms with Crippen molar-refractivity contribution in [3.8, 4) is 5.75 Å². The van der Waals surface area contributed by atoms with Crippen LogP contribution in [-0.4, -0.2) is 35.8 Å². The van der Waals surface area contributed by atoms with Gasteiger partial charge in [0.2, 0.25) is 0 Å². The van der Waals surface area contributed by atoms with Crippen LogP contribution in [0.1, 0.15) is 26.7 Å². The van der Waals surface area contributed by atoms with Crippen LogP contribution in [0.3, 0.4) is 0 Å². The van der Waals surface area contributed by atoms with E-state index in [0.717, 1.165) is 39.3 Å². The molecular formula is C23H27N3O3S. The number of hydrogen-bond acceptors (Lipinski definition) is 6. The summed E-state index contributed by atoms with van der Waals surface area (Å²) in [6.07, 6.45) is 3.30. The number of ether oxygens (including phenoxy) is 1. The summed E-state index contributed by atoms with van der Waals surface area (Å²) in [7, 11) is 1.65. The van der Waals surface area contributed by atoms with Gasteiger partial charge in [-0.05, 0) is 49.1 Å². The molecule has 0 amide bonds. The molecule has 30 heavy (non-hydrogen) atoms. The fraction of sp³-hybridized carbons (Fsp3) is 0.304. The molecule has 2 heterocycles. The Bertz CT molecular complexity index is 995. The highest BCUT2D eigenvalue weighted by Gasteiger charge is 2.32. The molecule has 1 fully saturated rings. The second kappa shape index (κ2) is 10.2. The topological polar surface area (TPSA) is 74.7 Å². The Morgan fingerprint density at radius 3 is 2.53 bits per heavy atom. The number of methoxy groups -OCH3 is 1. The second-order valence-corrected chi connectivity index (χ2v) is 7.49. The Morgan fingerprint density at radius 2 is 1.87 bits per heavy atom. The average Bonchev–Trinajstić information content (AvgIpc) is 3.29. The van der Waals surface area contributed by atoms with Crippen LogP contribution in [0.4, 0.5) is 11.5 Å². The summed E-state index contributed by atoms with van der Waals surface area (Å²) in [6, 6.07) is 15.3. The van der Waals surface area contributed by atoms with Crippen molar-refractivity contribution < 1.29 is 14.6 Å². The first-order chi connectivity index (χ1) is 14.7. The van der Waals surface area contributed by atoms with Crippen LogP contribution in [0.5, 0.6) is 5.75 Å². The number of carbonyl (C=O) groups is 1. The summed E-state index contributed by atoms with van der Waals surface area (Å²) >= 11 is 1.50. The van der Waals surface area contributed by atoms with E-state index in [9.17, 15) is 9.90 Å². The van der Waals surface area contributed by atoms with Crippen LogP contribution >= 0.6 is 11.9 Å². The molecule has 1 aromatic heterocycles. The van der Waals surface area contributed by atoms with Crippen LogP contribution in [0.2, 0.25) is 0 Å². The monoisotopic (exact) mass is 425 g/mol. The third-order valence-electron chi connectivity index (χ3n) is 4.92. The van der Waals surface area contributed by atoms with Crippen molar-refractivity contribution in [2.75, 3.05) is 23.3 Å². The lowest BCUT2D eigenvalue weighted by molar-refractivity contribution is -0.138. The Labute approximate surface area is 181 Å². The molecule has 1 unspecified atom stereocenters. The molecule has 0 saturated carbocycles. The van der Waals surface area contributed by atoms with Gasteiger partial charge in [-0.3, -0.25) is 0 Å². The van der Waals surface area contributed by atoms with E-state index in [1.165, 1.54) is 11.9 Å². The zero-order chi connectivity index (χ0) is 21.5. The first-order valence-corrected chi connectivity index (χ1v) is 10.9. The third-order valence-corrected chi connectivity index (χ3v) is 5.75. The number of fused-ring (bicyclic) bond motifs is 1. The smallest absolute Gasteiger partial charge is 0.326 e. The van der Waals surface area contributed by atoms with Gasteiger partial charge in [-0.1, -0.05) is 38.1 Å². The van der Waals surface area contributed by atoms with E-state index in [-0.39, 0.29) is 0 Å². The fourth-order valence-electron chi connectivity index (χ4n) is 3.52. The van der Waals surface area contributed by atoms with Gasteiger partial charge in [0.05, 0.1) is 19.0 Å². The highest BCUT2D eigenvalue weighted by Crippen LogP contribution is 2.35. The summed E-state index contributed by atoms with van der Waals surface area (Å²) in [5.74, 6) is 0.764. The number of carboxylic acid groups (broad SMARTS) is 1. The Hall–Kier alpha value is -2.93. The van der Waals surface area contributed by atoms with Gasteiger partial charge in [0.25, 0.3) is 0 Å². The average molecular weight is 426 g/mol. The summed E-state index contributed by atoms with van der Waals surface area (Å²) in [5, 5.41) is 11.5. The van der Waals surface area contributed by atoms with Gasteiger partial charge in [0, 0.05) is 22.2 Å². The van der Waals surface area contributed by atoms with Crippen LogP contribution in [0.25, 0.3) is 10.8 Å². The van der Waals surface area contributed by atoms with E-state index in [0.29, 0.717) is 13.0 Å². The van der Waals surface area contributed by atoms with Gasteiger partial charge in [0.1, 0.15) is 17.6 Å². The predicted molar refractivity (Wildman–Crippen MR) is 124 cm³/mol. The molecule has 0 bridgehead atoms. The number of hydrogen-bond donors (Lipinski definition) is 2. The molecule has 1 saturated heterocycles. The Balaban J connectivity index is 0.00000124. The highest BCUT2D eigenvalue weighted by molar-refractivity contribution is 8.00. The molecule has 1 atom stereocenters. The largest absolute Gasteiger partial charge is 0.497 e. The summed E-state index contributed by atoms with van der Waals surface area (Å²) < 4.78 is 8.56. The standard InChI is InChI=1S/C21H21N3O3S.C2H6/c1-27-14-8-10-15(11-9-14)28-23-18-13-22-20(17-6-3-2-5-16(17)18)24-12-4-7-19(24)21(25)26;1-2/h2-3,5-6,8-11,13,19,23H,4,7,12H2,1H3,(H,25,26);1-2H3. The molecule has 7 heteroatoms. The fourth-order valence-corrected chi connectivity index (χ4v) is 4.19. The molecule has 2 aromatic carbocycles. The van der Waals surface area contributed by atoms with Gasteiger partial charge >= 0.3 is 5.97 Å². The number of nitrogens with one attached hydrogen (secondary N) is 1. The number of pyridine rings is 1. The van der Waals surface area contributed by atoms with Crippen LogP contribution < -0.4 is 14.4 Å². The van der Waals surface area contributed by atoms with Crippen LogP contribution in [-0.2, 0) is 4.79 Å². The normalized spacial score (nSPS) is 15.4. The molecule has 1 aliphatic rings. The third kappa shape index (κ3) is 4.62. The van der Waals surface area contributed by atoms with E-state index in [1.54, 1.807) is 13.3 Å². The lowest BCUT2D eigenvalue weighted by Crippen LogP contribution is -2.36. The Morgan fingerprint density at radius 1 is 1.17 bits per heavy atom. The molecule has 0 spiro atoms. The van der Waals surface area contributed by atoms with Crippen molar-refractivity contribution in [3.63, 3.8) is 0 Å². The maximum atomic E-state index is 11.6. The van der Waals surface area contributed by atoms with E-state index >= 15 is 0 Å². The quantitative estimate of drug-likeness (QED) is 0.509. The molecule has 6 nitrogen and oxygen atoms in total. The van der Waals surface area contributed by atoms with Crippen molar-refractivity contribution in [3.05, 3.63) is 54.7 Å². The number of carboxylic acids is 1. The van der Waals surface area contributed by atoms with Crippen LogP contribution in [0.15, 0.2) is 59.6 Å². The van der Waals surface area contributed by atoms with Gasteiger partial charge < -0.3 is 19.5 Å². The SMILES string of the molecule is CC.COc1ccc(SNc2cnc(N3CCCC3C(=O)O)c3ccccc23)cc1. The van der Waals surface area contributed by atoms with E-state index < -0.39 is 12.0 Å². The van der Waals surface area contributed by atoms with Crippen molar-refractivity contribution in [1.29, 1.82) is 0 Å². The molecule has 4 rings (SSSR count). The number of rotatable bonds is 6. The van der Waals surface area contributed by atoms with Crippen molar-refractivity contribution >= 4 is 40.2 Å². The minimum absolute atomic E-state index is 0.511. The van der Waals surface area contributed by atoms with Gasteiger partial charge in [-0.25, -0.2) is 9.78 Å². The summed E-state index contributed by atoms with van der Waals surface area (Å²) in [6.45, 7) is 4.71. The maximum Gasteiger partial charge on any atom is 0.326 e. The minimum Gasteiger partial charge on any atom is -0.497 e. The van der Waals surface area contributed by atoms with E-state index in [2.05, 4.69) is 9.71 Å². The minimum atomic E-state index is -0.791. The molecule has 158 valence electrons. The first kappa shape index (κ1) is 21.8. The van der Waals surface area contributed by atoms with Gasteiger partial charge in [0.15, 0.2) is 0 Å². The summed E-state index contributed by atoms with van der Waals surface area (Å²) in [5.41, 5.74) is 0.895. The molecule has 0 aliphatic carbocycles. The molecule has 0 radical (unpaired) electrons. The lowest BCUT2D eigenvalue weighted by atomic mass is 10.1. The number of nitrogens with zero attached hydrogens (tertiary/aromatic N) is 2. The summed E-state index contributed by atoms with van der Waals surface area (Å²) in [4.78, 5) is 19.2. The number of benzene rings is 2. The Kier molecular flexibility index (Phi) is 7.41. The van der Waals surface area contributed by atoms with Gasteiger partial charge in [-0.2, -0.15) is 0 Å². The molecule has 2 N–H and O–H groups in total. The number of aromatic nitrogens is 1. The molecule has 1 aliphatic heterocycles. The number of anilines is 2. The first-order valence-electron chi connectivity index (χ1n) is 10.1. The van der Waals surface area contributed by atoms with Crippen molar-refractivity contribution in [1.82, 2.24) is 4.98 Å². The van der Waals surface area contributed by atoms with Gasteiger partial charge in [-0.15, -0.1) is 0 Å². The molecular weight excluding hydrogens is 398 g/mol. The van der Waals surface area contributed by atoms with Crippen LogP contribution in [0, 0.1) is 0 Å².